The number of aliphatic hydroxyl groups is 1. The van der Waals surface area contributed by atoms with Crippen LogP contribution in [0.25, 0.3) is 16.8 Å². The summed E-state index contributed by atoms with van der Waals surface area (Å²) in [5, 5.41) is 23.3. The van der Waals surface area contributed by atoms with Crippen LogP contribution < -0.4 is 10.2 Å². The molecule has 170 valence electrons. The van der Waals surface area contributed by atoms with E-state index in [-0.39, 0.29) is 18.8 Å². The van der Waals surface area contributed by atoms with Gasteiger partial charge in [0.15, 0.2) is 0 Å². The molecule has 7 nitrogen and oxygen atoms in total. The number of benzene rings is 2. The van der Waals surface area contributed by atoms with Crippen LogP contribution in [0.15, 0.2) is 42.0 Å². The molecule has 7 heteroatoms. The summed E-state index contributed by atoms with van der Waals surface area (Å²) in [6.45, 7) is 4.82. The van der Waals surface area contributed by atoms with E-state index in [0.29, 0.717) is 32.4 Å². The molecule has 1 amide bonds. The molecule has 2 aromatic rings. The van der Waals surface area contributed by atoms with Gasteiger partial charge < -0.3 is 24.8 Å². The molecule has 1 saturated heterocycles. The van der Waals surface area contributed by atoms with Gasteiger partial charge in [-0.1, -0.05) is 36.4 Å². The third-order valence-corrected chi connectivity index (χ3v) is 5.58. The van der Waals surface area contributed by atoms with Gasteiger partial charge in [0.25, 0.3) is 5.91 Å². The fourth-order valence-electron chi connectivity index (χ4n) is 4.00. The molecule has 0 radical (unpaired) electrons. The summed E-state index contributed by atoms with van der Waals surface area (Å²) in [5.41, 5.74) is 2.03. The van der Waals surface area contributed by atoms with E-state index in [1.807, 2.05) is 30.3 Å². The number of carbonyl (C=O) groups excluding carboxylic acids is 1. The maximum Gasteiger partial charge on any atom is 0.262 e. The Labute approximate surface area is 189 Å². The highest BCUT2D eigenvalue weighted by Crippen LogP contribution is 2.36. The van der Waals surface area contributed by atoms with E-state index < -0.39 is 5.91 Å². The Hall–Kier alpha value is -2.92. The normalized spacial score (nSPS) is 16.3. The summed E-state index contributed by atoms with van der Waals surface area (Å²) in [4.78, 5) is 15.0. The standard InChI is InChI=1S/C25H31N3O4/c1-19-5-4-11-28(19)24-21(9-8-20-6-2-3-7-23(20)24)17-22(18-26)25(30)27-10-13-31-15-16-32-14-12-29/h2-3,6-9,17,19,29H,4-5,10-16H2,1H3,(H,27,30)/b22-17+. The second-order valence-electron chi connectivity index (χ2n) is 7.78. The average Bonchev–Trinajstić information content (AvgIpc) is 3.24. The number of hydrogen-bond donors (Lipinski definition) is 2. The number of ether oxygens (including phenoxy) is 2. The lowest BCUT2D eigenvalue weighted by Crippen LogP contribution is -2.29. The number of aliphatic hydroxyl groups excluding tert-OH is 1. The van der Waals surface area contributed by atoms with Gasteiger partial charge in [0.05, 0.1) is 38.7 Å². The molecule has 2 N–H and O–H groups in total. The molecule has 3 rings (SSSR count). The molecular weight excluding hydrogens is 406 g/mol. The molecule has 1 fully saturated rings. The Balaban J connectivity index is 1.72. The van der Waals surface area contributed by atoms with Crippen LogP contribution in [0.2, 0.25) is 0 Å². The van der Waals surface area contributed by atoms with Crippen molar-refractivity contribution in [3.63, 3.8) is 0 Å². The largest absolute Gasteiger partial charge is 0.394 e. The molecule has 0 spiro atoms. The first-order chi connectivity index (χ1) is 15.7. The maximum absolute atomic E-state index is 12.6. The summed E-state index contributed by atoms with van der Waals surface area (Å²) in [6.07, 6.45) is 3.94. The van der Waals surface area contributed by atoms with Crippen molar-refractivity contribution >= 4 is 28.4 Å². The monoisotopic (exact) mass is 437 g/mol. The van der Waals surface area contributed by atoms with E-state index in [1.165, 1.54) is 0 Å². The van der Waals surface area contributed by atoms with Crippen LogP contribution in [0.4, 0.5) is 5.69 Å². The van der Waals surface area contributed by atoms with Gasteiger partial charge in [0, 0.05) is 24.5 Å². The minimum Gasteiger partial charge on any atom is -0.394 e. The number of fused-ring (bicyclic) bond motifs is 1. The molecule has 1 heterocycles. The zero-order valence-corrected chi connectivity index (χ0v) is 18.5. The first-order valence-electron chi connectivity index (χ1n) is 11.1. The molecule has 0 bridgehead atoms. The summed E-state index contributed by atoms with van der Waals surface area (Å²) >= 11 is 0. The highest BCUT2D eigenvalue weighted by Gasteiger charge is 2.24. The Kier molecular flexibility index (Phi) is 9.05. The number of rotatable bonds is 11. The minimum atomic E-state index is -0.416. The summed E-state index contributed by atoms with van der Waals surface area (Å²) in [7, 11) is 0. The van der Waals surface area contributed by atoms with Gasteiger partial charge in [-0.2, -0.15) is 5.26 Å². The lowest BCUT2D eigenvalue weighted by atomic mass is 10.0. The van der Waals surface area contributed by atoms with Crippen LogP contribution in [0.3, 0.4) is 0 Å². The van der Waals surface area contributed by atoms with Gasteiger partial charge in [0.1, 0.15) is 11.6 Å². The topological polar surface area (TPSA) is 94.8 Å². The zero-order chi connectivity index (χ0) is 22.8. The fraction of sp³-hybridized carbons (Fsp3) is 0.440. The average molecular weight is 438 g/mol. The third kappa shape index (κ3) is 6.07. The quantitative estimate of drug-likeness (QED) is 0.319. The van der Waals surface area contributed by atoms with Crippen molar-refractivity contribution in [3.8, 4) is 6.07 Å². The molecule has 2 aromatic carbocycles. The molecule has 32 heavy (non-hydrogen) atoms. The van der Waals surface area contributed by atoms with Crippen LogP contribution >= 0.6 is 0 Å². The Morgan fingerprint density at radius 1 is 1.22 bits per heavy atom. The maximum atomic E-state index is 12.6. The van der Waals surface area contributed by atoms with Gasteiger partial charge in [-0.15, -0.1) is 0 Å². The smallest absolute Gasteiger partial charge is 0.262 e. The first-order valence-corrected chi connectivity index (χ1v) is 11.1. The lowest BCUT2D eigenvalue weighted by molar-refractivity contribution is -0.117. The second kappa shape index (κ2) is 12.2. The third-order valence-electron chi connectivity index (χ3n) is 5.58. The number of nitrogens with zero attached hydrogens (tertiary/aromatic N) is 2. The van der Waals surface area contributed by atoms with E-state index in [0.717, 1.165) is 41.4 Å². The molecule has 0 saturated carbocycles. The predicted molar refractivity (Wildman–Crippen MR) is 125 cm³/mol. The number of anilines is 1. The summed E-state index contributed by atoms with van der Waals surface area (Å²) < 4.78 is 10.5. The highest BCUT2D eigenvalue weighted by atomic mass is 16.5. The van der Waals surface area contributed by atoms with Gasteiger partial charge in [-0.3, -0.25) is 4.79 Å². The number of nitriles is 1. The molecule has 1 aliphatic heterocycles. The zero-order valence-electron chi connectivity index (χ0n) is 18.5. The van der Waals surface area contributed by atoms with Crippen molar-refractivity contribution in [2.24, 2.45) is 0 Å². The summed E-state index contributed by atoms with van der Waals surface area (Å²) in [6, 6.07) is 14.7. The van der Waals surface area contributed by atoms with E-state index in [4.69, 9.17) is 14.6 Å². The number of amides is 1. The highest BCUT2D eigenvalue weighted by molar-refractivity contribution is 6.05. The Morgan fingerprint density at radius 3 is 2.72 bits per heavy atom. The lowest BCUT2D eigenvalue weighted by Gasteiger charge is -2.27. The van der Waals surface area contributed by atoms with Crippen LogP contribution in [0.5, 0.6) is 0 Å². The number of nitrogens with one attached hydrogen (secondary N) is 1. The Bertz CT molecular complexity index is 983. The van der Waals surface area contributed by atoms with Crippen LogP contribution in [0.1, 0.15) is 25.3 Å². The van der Waals surface area contributed by atoms with Crippen LogP contribution in [0, 0.1) is 11.3 Å². The van der Waals surface area contributed by atoms with Gasteiger partial charge >= 0.3 is 0 Å². The van der Waals surface area contributed by atoms with E-state index in [9.17, 15) is 10.1 Å². The minimum absolute atomic E-state index is 0.0189. The van der Waals surface area contributed by atoms with Gasteiger partial charge in [-0.05, 0) is 36.8 Å². The number of hydrogen-bond acceptors (Lipinski definition) is 6. The first kappa shape index (κ1) is 23.7. The molecular formula is C25H31N3O4. The van der Waals surface area contributed by atoms with Crippen molar-refractivity contribution in [1.29, 1.82) is 5.26 Å². The Morgan fingerprint density at radius 2 is 2.00 bits per heavy atom. The summed E-state index contributed by atoms with van der Waals surface area (Å²) in [5.74, 6) is -0.416. The van der Waals surface area contributed by atoms with Crippen molar-refractivity contribution in [1.82, 2.24) is 5.32 Å². The van der Waals surface area contributed by atoms with Crippen molar-refractivity contribution in [2.75, 3.05) is 51.0 Å². The molecule has 0 aliphatic carbocycles. The number of carbonyl (C=O) groups is 1. The van der Waals surface area contributed by atoms with Gasteiger partial charge in [0.2, 0.25) is 0 Å². The molecule has 1 aliphatic rings. The van der Waals surface area contributed by atoms with E-state index in [1.54, 1.807) is 6.08 Å². The predicted octanol–water partition coefficient (Wildman–Crippen LogP) is 2.88. The molecule has 0 aromatic heterocycles. The van der Waals surface area contributed by atoms with Crippen molar-refractivity contribution in [2.45, 2.75) is 25.8 Å². The van der Waals surface area contributed by atoms with Crippen molar-refractivity contribution in [3.05, 3.63) is 47.5 Å². The van der Waals surface area contributed by atoms with Crippen molar-refractivity contribution < 1.29 is 19.4 Å². The van der Waals surface area contributed by atoms with E-state index in [2.05, 4.69) is 29.3 Å². The fourth-order valence-corrected chi connectivity index (χ4v) is 4.00. The van der Waals surface area contributed by atoms with Crippen LogP contribution in [-0.2, 0) is 14.3 Å². The van der Waals surface area contributed by atoms with Gasteiger partial charge in [-0.25, -0.2) is 0 Å². The second-order valence-corrected chi connectivity index (χ2v) is 7.78. The van der Waals surface area contributed by atoms with Crippen LogP contribution in [-0.4, -0.2) is 63.2 Å². The molecule has 1 atom stereocenters. The van der Waals surface area contributed by atoms with E-state index >= 15 is 0 Å². The molecule has 1 unspecified atom stereocenters. The SMILES string of the molecule is CC1CCCN1c1c(/C=C(\C#N)C(=O)NCCOCCOCCO)ccc2ccccc12.